The number of benzene rings is 2. The number of rotatable bonds is 36. The van der Waals surface area contributed by atoms with Gasteiger partial charge in [-0.3, -0.25) is 77.6 Å². The van der Waals surface area contributed by atoms with Crippen molar-refractivity contribution in [3.8, 4) is 5.75 Å². The number of Topliss-reactive ketones (excluding diaryl/α,β-unsaturated/α-hetero) is 1. The molecule has 92 heavy (non-hydrogen) atoms. The number of aliphatic imine (C=N–C) groups is 1. The SMILES string of the molecule is C=NC[C@H]1CC(F)(F)CN1C(=O)CCC(=O)c1ccnc2ccc(OCCCN3CCN(C(=O)CCCCCNC(=O)C(CCCCNC(=O)CCCc4ccc(I)cc4)NC(=O)CN4CCN(CC(=O)O)CCN(CC(=O)O)CCN(CC(=O)O)CC4)CC3)cc12. The molecule has 3 fully saturated rings. The lowest BCUT2D eigenvalue weighted by molar-refractivity contribution is -0.140. The van der Waals surface area contributed by atoms with E-state index in [2.05, 4.69) is 72.3 Å². The van der Waals surface area contributed by atoms with Gasteiger partial charge >= 0.3 is 17.9 Å². The van der Waals surface area contributed by atoms with E-state index in [9.17, 15) is 67.3 Å². The maximum atomic E-state index is 14.2. The molecule has 3 aliphatic rings. The molecule has 5 amide bonds. The number of amides is 5. The van der Waals surface area contributed by atoms with E-state index in [1.54, 1.807) is 43.9 Å². The lowest BCUT2D eigenvalue weighted by Crippen LogP contribution is -2.52. The van der Waals surface area contributed by atoms with Gasteiger partial charge < -0.3 is 45.8 Å². The summed E-state index contributed by atoms with van der Waals surface area (Å²) >= 11 is 2.25. The Kier molecular flexibility index (Phi) is 31.4. The molecule has 3 aliphatic heterocycles. The number of pyridine rings is 1. The minimum absolute atomic E-state index is 0.00151. The number of aromatic nitrogens is 1. The number of piperazine rings is 1. The minimum atomic E-state index is -3.02. The molecule has 0 spiro atoms. The number of alkyl halides is 2. The quantitative estimate of drug-likeness (QED) is 0.0210. The van der Waals surface area contributed by atoms with Crippen molar-refractivity contribution >= 4 is 93.4 Å². The number of carbonyl (C=O) groups is 9. The summed E-state index contributed by atoms with van der Waals surface area (Å²) in [6.45, 7) is 7.76. The number of halogens is 3. The standard InChI is InChI=1S/C64H91F2IN12O13/c1-68-41-49-40-64(65,66)46-79(49)59(84)20-19-55(80)51-21-24-69-53-18-17-50(39-52(51)53)92-38-8-25-73-34-36-78(37-35-73)58(83)12-3-2-5-23-71-63(91)54(10-4-6-22-70-56(81)11-7-9-47-13-15-48(67)16-14-47)72-57(82)42-74-26-28-75(43-60(85)86)30-32-77(45-62(89)90)33-31-76(29-27-74)44-61(87)88/h13-18,21,24,39,49,54H,1-12,19-20,22-23,25-38,40-46H2,(H,70,81)(H,71,91)(H,72,82)(H,85,86)(H,87,88)(H,89,90)/t49-,54?/m1/s1. The number of likely N-dealkylation sites (tertiary alicyclic amines) is 1. The molecule has 1 unspecified atom stereocenters. The third-order valence-corrected chi connectivity index (χ3v) is 17.4. The summed E-state index contributed by atoms with van der Waals surface area (Å²) in [7, 11) is 0. The normalized spacial score (nSPS) is 17.7. The second kappa shape index (κ2) is 39.0. The lowest BCUT2D eigenvalue weighted by atomic mass is 10.0. The van der Waals surface area contributed by atoms with Crippen LogP contribution in [-0.4, -0.2) is 277 Å². The van der Waals surface area contributed by atoms with Crippen molar-refractivity contribution < 1.29 is 72.0 Å². The number of nitrogens with zero attached hydrogens (tertiary/aromatic N) is 9. The van der Waals surface area contributed by atoms with Gasteiger partial charge in [-0.15, -0.1) is 0 Å². The van der Waals surface area contributed by atoms with Crippen LogP contribution in [0.5, 0.6) is 5.75 Å². The van der Waals surface area contributed by atoms with Gasteiger partial charge in [-0.25, -0.2) is 8.78 Å². The lowest BCUT2D eigenvalue weighted by Gasteiger charge is -2.34. The molecule has 1 aromatic heterocycles. The number of ketones is 1. The van der Waals surface area contributed by atoms with Gasteiger partial charge in [-0.1, -0.05) is 18.6 Å². The largest absolute Gasteiger partial charge is 0.494 e. The minimum Gasteiger partial charge on any atom is -0.494 e. The smallest absolute Gasteiger partial charge is 0.317 e. The number of unbranched alkanes of at least 4 members (excludes halogenated alkanes) is 3. The predicted molar refractivity (Wildman–Crippen MR) is 349 cm³/mol. The van der Waals surface area contributed by atoms with Crippen LogP contribution < -0.4 is 20.7 Å². The first-order valence-corrected chi connectivity index (χ1v) is 33.0. The number of carboxylic acid groups (broad SMARTS) is 3. The number of carbonyl (C=O) groups excluding carboxylic acids is 6. The molecule has 0 aliphatic carbocycles. The molecule has 0 radical (unpaired) electrons. The Morgan fingerprint density at radius 1 is 0.652 bits per heavy atom. The fourth-order valence-electron chi connectivity index (χ4n) is 11.6. The Morgan fingerprint density at radius 2 is 1.25 bits per heavy atom. The third-order valence-electron chi connectivity index (χ3n) is 16.6. The summed E-state index contributed by atoms with van der Waals surface area (Å²) in [5.41, 5.74) is 2.09. The van der Waals surface area contributed by atoms with E-state index in [0.29, 0.717) is 126 Å². The van der Waals surface area contributed by atoms with Gasteiger partial charge in [-0.2, -0.15) is 0 Å². The third kappa shape index (κ3) is 27.0. The second-order valence-electron chi connectivity index (χ2n) is 23.9. The summed E-state index contributed by atoms with van der Waals surface area (Å²) in [5.74, 6) is -7.38. The Hall–Kier alpha value is -6.86. The molecule has 3 aromatic rings. The van der Waals surface area contributed by atoms with Crippen LogP contribution in [0.1, 0.15) is 99.4 Å². The summed E-state index contributed by atoms with van der Waals surface area (Å²) in [5, 5.41) is 38.2. The Balaban J connectivity index is 0.920. The van der Waals surface area contributed by atoms with Crippen LogP contribution in [0.2, 0.25) is 0 Å². The number of hydrogen-bond acceptors (Lipinski definition) is 17. The molecular weight excluding hydrogens is 1310 g/mol. The zero-order chi connectivity index (χ0) is 66.4. The highest BCUT2D eigenvalue weighted by Gasteiger charge is 2.46. The molecule has 2 atom stereocenters. The van der Waals surface area contributed by atoms with Crippen molar-refractivity contribution in [2.45, 2.75) is 108 Å². The van der Waals surface area contributed by atoms with Crippen molar-refractivity contribution in [2.75, 3.05) is 144 Å². The van der Waals surface area contributed by atoms with Gasteiger partial charge in [-0.05, 0) is 123 Å². The maximum absolute atomic E-state index is 14.2. The van der Waals surface area contributed by atoms with Gasteiger partial charge in [0, 0.05) is 151 Å². The number of hydrogen-bond donors (Lipinski definition) is 6. The van der Waals surface area contributed by atoms with Crippen molar-refractivity contribution in [3.05, 3.63) is 69.4 Å². The van der Waals surface area contributed by atoms with E-state index in [0.717, 1.165) is 27.0 Å². The summed E-state index contributed by atoms with van der Waals surface area (Å²) < 4.78 is 35.5. The van der Waals surface area contributed by atoms with E-state index in [1.807, 2.05) is 17.0 Å². The first-order chi connectivity index (χ1) is 44.1. The van der Waals surface area contributed by atoms with Crippen molar-refractivity contribution in [1.29, 1.82) is 0 Å². The molecule has 6 N–H and O–H groups in total. The van der Waals surface area contributed by atoms with Gasteiger partial charge in [0.05, 0.1) is 57.4 Å². The zero-order valence-corrected chi connectivity index (χ0v) is 54.8. The van der Waals surface area contributed by atoms with E-state index in [4.69, 9.17) is 4.74 Å². The highest BCUT2D eigenvalue weighted by Crippen LogP contribution is 2.33. The van der Waals surface area contributed by atoms with Crippen LogP contribution in [-0.2, 0) is 44.8 Å². The molecular formula is C64H91F2IN12O13. The van der Waals surface area contributed by atoms with Crippen molar-refractivity contribution in [2.24, 2.45) is 4.99 Å². The van der Waals surface area contributed by atoms with Gasteiger partial charge in [0.15, 0.2) is 5.78 Å². The monoisotopic (exact) mass is 1400 g/mol. The number of ether oxygens (including phenoxy) is 1. The molecule has 2 aromatic carbocycles. The van der Waals surface area contributed by atoms with E-state index in [-0.39, 0.29) is 128 Å². The van der Waals surface area contributed by atoms with Gasteiger partial charge in [0.2, 0.25) is 29.5 Å². The molecule has 28 heteroatoms. The molecule has 4 heterocycles. The number of fused-ring (bicyclic) bond motifs is 1. The molecule has 3 saturated heterocycles. The van der Waals surface area contributed by atoms with Crippen LogP contribution in [0.25, 0.3) is 10.9 Å². The first-order valence-electron chi connectivity index (χ1n) is 31.9. The average molecular weight is 1400 g/mol. The van der Waals surface area contributed by atoms with Crippen LogP contribution in [0.3, 0.4) is 0 Å². The topological polar surface area (TPSA) is 308 Å². The van der Waals surface area contributed by atoms with E-state index >= 15 is 0 Å². The number of aryl methyl sites for hydroxylation is 1. The first kappa shape index (κ1) is 74.2. The van der Waals surface area contributed by atoms with Crippen LogP contribution in [0.15, 0.2) is 59.7 Å². The molecule has 25 nitrogen and oxygen atoms in total. The molecule has 506 valence electrons. The number of nitrogens with one attached hydrogen (secondary N) is 3. The van der Waals surface area contributed by atoms with Crippen LogP contribution >= 0.6 is 22.6 Å². The molecule has 0 bridgehead atoms. The number of aliphatic carboxylic acids is 3. The summed E-state index contributed by atoms with van der Waals surface area (Å²) in [6, 6.07) is 13.3. The van der Waals surface area contributed by atoms with Crippen molar-refractivity contribution in [1.82, 2.24) is 55.2 Å². The van der Waals surface area contributed by atoms with Crippen molar-refractivity contribution in [3.63, 3.8) is 0 Å². The predicted octanol–water partition coefficient (Wildman–Crippen LogP) is 3.60. The van der Waals surface area contributed by atoms with Gasteiger partial charge in [0.25, 0.3) is 5.92 Å². The highest BCUT2D eigenvalue weighted by molar-refractivity contribution is 14.1. The maximum Gasteiger partial charge on any atom is 0.317 e. The summed E-state index contributed by atoms with van der Waals surface area (Å²) in [6.07, 6.45) is 6.76. The van der Waals surface area contributed by atoms with Gasteiger partial charge in [0.1, 0.15) is 11.8 Å². The van der Waals surface area contributed by atoms with E-state index < -0.39 is 60.7 Å². The average Bonchev–Trinajstić information content (AvgIpc) is 1.23. The summed E-state index contributed by atoms with van der Waals surface area (Å²) in [4.78, 5) is 135. The fourth-order valence-corrected chi connectivity index (χ4v) is 12.0. The molecule has 0 saturated carbocycles. The zero-order valence-electron chi connectivity index (χ0n) is 52.6. The van der Waals surface area contributed by atoms with Crippen LogP contribution in [0, 0.1) is 3.57 Å². The Labute approximate surface area is 550 Å². The highest BCUT2D eigenvalue weighted by atomic mass is 127. The van der Waals surface area contributed by atoms with Crippen LogP contribution in [0.4, 0.5) is 8.78 Å². The van der Waals surface area contributed by atoms with E-state index in [1.165, 1.54) is 6.20 Å². The second-order valence-corrected chi connectivity index (χ2v) is 25.1. The number of carboxylic acids is 3. The Morgan fingerprint density at radius 3 is 1.87 bits per heavy atom. The fraction of sp³-hybridized carbons (Fsp3) is 0.609. The Bertz CT molecular complexity index is 2910. The molecule has 6 rings (SSSR count).